The van der Waals surface area contributed by atoms with Crippen molar-refractivity contribution < 1.29 is 4.74 Å². The van der Waals surface area contributed by atoms with Crippen LogP contribution in [0.5, 0.6) is 0 Å². The van der Waals surface area contributed by atoms with Gasteiger partial charge in [0.25, 0.3) is 0 Å². The Balaban J connectivity index is 1.36. The molecule has 1 aromatic heterocycles. The van der Waals surface area contributed by atoms with Crippen molar-refractivity contribution in [2.75, 3.05) is 56.2 Å². The Bertz CT molecular complexity index is 826. The van der Waals surface area contributed by atoms with Crippen molar-refractivity contribution in [3.63, 3.8) is 0 Å². The highest BCUT2D eigenvalue weighted by atomic mass is 16.5. The van der Waals surface area contributed by atoms with Crippen molar-refractivity contribution in [2.24, 2.45) is 0 Å². The van der Waals surface area contributed by atoms with E-state index in [1.165, 1.54) is 11.1 Å². The summed E-state index contributed by atoms with van der Waals surface area (Å²) in [4.78, 5) is 16.4. The summed E-state index contributed by atoms with van der Waals surface area (Å²) in [6.45, 7) is 13.2. The fourth-order valence-electron chi connectivity index (χ4n) is 4.28. The fraction of sp³-hybridized carbons (Fsp3) is 0.583. The number of ether oxygens (including phenoxy) is 1. The maximum absolute atomic E-state index is 5.45. The number of likely N-dealkylation sites (tertiary alicyclic amines) is 1. The van der Waals surface area contributed by atoms with Crippen molar-refractivity contribution in [2.45, 2.75) is 45.2 Å². The molecule has 2 saturated heterocycles. The third-order valence-corrected chi connectivity index (χ3v) is 6.30. The third-order valence-electron chi connectivity index (χ3n) is 6.30. The molecule has 0 N–H and O–H groups in total. The molecule has 0 saturated carbocycles. The normalized spacial score (nSPS) is 20.5. The second kappa shape index (κ2) is 8.90. The number of anilines is 2. The van der Waals surface area contributed by atoms with Crippen LogP contribution in [-0.2, 0) is 16.7 Å². The molecule has 1 unspecified atom stereocenters. The topological polar surface area (TPSA) is 44.7 Å². The molecule has 162 valence electrons. The van der Waals surface area contributed by atoms with Gasteiger partial charge in [0.2, 0.25) is 5.95 Å². The smallest absolute Gasteiger partial charge is 0.227 e. The Morgan fingerprint density at radius 1 is 1.07 bits per heavy atom. The maximum atomic E-state index is 5.45. The highest BCUT2D eigenvalue weighted by molar-refractivity contribution is 5.44. The molecule has 2 aliphatic heterocycles. The van der Waals surface area contributed by atoms with E-state index in [2.05, 4.69) is 71.8 Å². The van der Waals surface area contributed by atoms with Crippen LogP contribution in [0.15, 0.2) is 36.5 Å². The summed E-state index contributed by atoms with van der Waals surface area (Å²) in [5.74, 6) is 1.82. The number of benzene rings is 1. The van der Waals surface area contributed by atoms with Crippen LogP contribution >= 0.6 is 0 Å². The average molecular weight is 410 g/mol. The van der Waals surface area contributed by atoms with Gasteiger partial charge in [-0.15, -0.1) is 0 Å². The predicted molar refractivity (Wildman–Crippen MR) is 122 cm³/mol. The molecule has 2 aliphatic rings. The van der Waals surface area contributed by atoms with E-state index in [-0.39, 0.29) is 5.41 Å². The van der Waals surface area contributed by atoms with E-state index in [1.54, 1.807) is 0 Å². The molecular weight excluding hydrogens is 374 g/mol. The predicted octanol–water partition coefficient (Wildman–Crippen LogP) is 3.32. The minimum atomic E-state index is 0.206. The van der Waals surface area contributed by atoms with Gasteiger partial charge in [0.1, 0.15) is 5.82 Å². The summed E-state index contributed by atoms with van der Waals surface area (Å²) in [5.41, 5.74) is 2.99. The Morgan fingerprint density at radius 2 is 1.80 bits per heavy atom. The second-order valence-corrected chi connectivity index (χ2v) is 9.55. The van der Waals surface area contributed by atoms with Crippen molar-refractivity contribution in [3.8, 4) is 0 Å². The van der Waals surface area contributed by atoms with Crippen molar-refractivity contribution in [1.29, 1.82) is 0 Å². The molecule has 2 fully saturated rings. The SMILES string of the molecule is CN(c1ccnc(N2CCOCC2)n1)C1CCN(Cc2ccc(C(C)(C)C)cc2)C1. The van der Waals surface area contributed by atoms with E-state index in [0.29, 0.717) is 6.04 Å². The Kier molecular flexibility index (Phi) is 6.25. The fourth-order valence-corrected chi connectivity index (χ4v) is 4.28. The van der Waals surface area contributed by atoms with E-state index >= 15 is 0 Å². The summed E-state index contributed by atoms with van der Waals surface area (Å²) < 4.78 is 5.45. The van der Waals surface area contributed by atoms with E-state index in [0.717, 1.165) is 64.1 Å². The first-order chi connectivity index (χ1) is 14.4. The highest BCUT2D eigenvalue weighted by Crippen LogP contribution is 2.25. The standard InChI is InChI=1S/C24H35N5O/c1-24(2,3)20-7-5-19(6-8-20)17-28-12-10-21(18-28)27(4)22-9-11-25-23(26-22)29-13-15-30-16-14-29/h5-9,11,21H,10,12-18H2,1-4H3. The number of aromatic nitrogens is 2. The van der Waals surface area contributed by atoms with E-state index < -0.39 is 0 Å². The number of hydrogen-bond acceptors (Lipinski definition) is 6. The lowest BCUT2D eigenvalue weighted by atomic mass is 9.87. The molecule has 0 spiro atoms. The first kappa shape index (κ1) is 21.1. The Labute approximate surface area is 180 Å². The number of hydrogen-bond donors (Lipinski definition) is 0. The van der Waals surface area contributed by atoms with Crippen LogP contribution in [0.4, 0.5) is 11.8 Å². The van der Waals surface area contributed by atoms with E-state index in [1.807, 2.05) is 12.3 Å². The lowest BCUT2D eigenvalue weighted by Crippen LogP contribution is -2.38. The van der Waals surface area contributed by atoms with E-state index in [4.69, 9.17) is 9.72 Å². The average Bonchev–Trinajstić information content (AvgIpc) is 3.22. The van der Waals surface area contributed by atoms with Gasteiger partial charge in [-0.2, -0.15) is 4.98 Å². The zero-order valence-electron chi connectivity index (χ0n) is 18.8. The van der Waals surface area contributed by atoms with Gasteiger partial charge < -0.3 is 14.5 Å². The molecule has 3 heterocycles. The highest BCUT2D eigenvalue weighted by Gasteiger charge is 2.27. The summed E-state index contributed by atoms with van der Waals surface area (Å²) in [7, 11) is 2.16. The van der Waals surface area contributed by atoms with Crippen LogP contribution in [0, 0.1) is 0 Å². The zero-order chi connectivity index (χ0) is 21.1. The molecule has 6 heteroatoms. The van der Waals surface area contributed by atoms with Crippen LogP contribution in [0.1, 0.15) is 38.3 Å². The number of rotatable bonds is 5. The van der Waals surface area contributed by atoms with Gasteiger partial charge in [-0.05, 0) is 29.0 Å². The monoisotopic (exact) mass is 409 g/mol. The molecule has 0 aliphatic carbocycles. The zero-order valence-corrected chi connectivity index (χ0v) is 18.8. The number of nitrogens with zero attached hydrogens (tertiary/aromatic N) is 5. The van der Waals surface area contributed by atoms with Crippen LogP contribution in [-0.4, -0.2) is 67.4 Å². The van der Waals surface area contributed by atoms with Crippen molar-refractivity contribution in [1.82, 2.24) is 14.9 Å². The first-order valence-electron chi connectivity index (χ1n) is 11.1. The van der Waals surface area contributed by atoms with Crippen LogP contribution in [0.3, 0.4) is 0 Å². The van der Waals surface area contributed by atoms with Gasteiger partial charge in [0.05, 0.1) is 13.2 Å². The minimum absolute atomic E-state index is 0.206. The third kappa shape index (κ3) is 4.93. The van der Waals surface area contributed by atoms with Crippen LogP contribution < -0.4 is 9.80 Å². The molecule has 0 amide bonds. The van der Waals surface area contributed by atoms with Gasteiger partial charge in [-0.3, -0.25) is 4.90 Å². The molecule has 30 heavy (non-hydrogen) atoms. The van der Waals surface area contributed by atoms with Gasteiger partial charge in [-0.25, -0.2) is 4.98 Å². The Morgan fingerprint density at radius 3 is 2.50 bits per heavy atom. The maximum Gasteiger partial charge on any atom is 0.227 e. The quantitative estimate of drug-likeness (QED) is 0.755. The Hall–Kier alpha value is -2.18. The molecular formula is C24H35N5O. The van der Waals surface area contributed by atoms with Crippen LogP contribution in [0.2, 0.25) is 0 Å². The summed E-state index contributed by atoms with van der Waals surface area (Å²) in [6.07, 6.45) is 3.04. The van der Waals surface area contributed by atoms with Gasteiger partial charge >= 0.3 is 0 Å². The van der Waals surface area contributed by atoms with Crippen LogP contribution in [0.25, 0.3) is 0 Å². The molecule has 0 bridgehead atoms. The lowest BCUT2D eigenvalue weighted by molar-refractivity contribution is 0.122. The van der Waals surface area contributed by atoms with E-state index in [9.17, 15) is 0 Å². The molecule has 1 atom stereocenters. The lowest BCUT2D eigenvalue weighted by Gasteiger charge is -2.29. The summed E-state index contributed by atoms with van der Waals surface area (Å²) in [5, 5.41) is 0. The van der Waals surface area contributed by atoms with Gasteiger partial charge in [0, 0.05) is 52.0 Å². The molecule has 0 radical (unpaired) electrons. The summed E-state index contributed by atoms with van der Waals surface area (Å²) in [6, 6.07) is 11.6. The largest absolute Gasteiger partial charge is 0.378 e. The van der Waals surface area contributed by atoms with Gasteiger partial charge in [0.15, 0.2) is 0 Å². The van der Waals surface area contributed by atoms with Gasteiger partial charge in [-0.1, -0.05) is 45.0 Å². The molecule has 1 aromatic carbocycles. The second-order valence-electron chi connectivity index (χ2n) is 9.55. The first-order valence-corrected chi connectivity index (χ1v) is 11.1. The molecule has 2 aromatic rings. The molecule has 4 rings (SSSR count). The van der Waals surface area contributed by atoms with Crippen molar-refractivity contribution >= 4 is 11.8 Å². The summed E-state index contributed by atoms with van der Waals surface area (Å²) >= 11 is 0. The minimum Gasteiger partial charge on any atom is -0.378 e. The number of morpholine rings is 1. The van der Waals surface area contributed by atoms with Crippen molar-refractivity contribution in [3.05, 3.63) is 47.7 Å². The number of likely N-dealkylation sites (N-methyl/N-ethyl adjacent to an activating group) is 1. The molecule has 6 nitrogen and oxygen atoms in total.